The van der Waals surface area contributed by atoms with Crippen LogP contribution in [0.3, 0.4) is 0 Å². The van der Waals surface area contributed by atoms with Gasteiger partial charge in [0.25, 0.3) is 0 Å². The molecule has 2 saturated heterocycles. The van der Waals surface area contributed by atoms with E-state index < -0.39 is 0 Å². The third kappa shape index (κ3) is 2.74. The second kappa shape index (κ2) is 5.14. The first-order valence-electron chi connectivity index (χ1n) is 5.07. The van der Waals surface area contributed by atoms with E-state index in [0.717, 1.165) is 12.1 Å². The van der Waals surface area contributed by atoms with Gasteiger partial charge in [-0.2, -0.15) is 0 Å². The maximum atomic E-state index is 5.92. The Kier molecular flexibility index (Phi) is 5.27. The number of nitrogens with zero attached hydrogens (tertiary/aromatic N) is 2. The van der Waals surface area contributed by atoms with Gasteiger partial charge in [0.1, 0.15) is 0 Å². The van der Waals surface area contributed by atoms with Crippen LogP contribution in [0.15, 0.2) is 0 Å². The molecular formula is C11H20BN2W. The number of hydrogen-bond donors (Lipinski definition) is 0. The van der Waals surface area contributed by atoms with Crippen LogP contribution in [-0.4, -0.2) is 42.6 Å². The van der Waals surface area contributed by atoms with Gasteiger partial charge in [0.05, 0.1) is 0 Å². The summed E-state index contributed by atoms with van der Waals surface area (Å²) >= 11 is 0. The Morgan fingerprint density at radius 2 is 2.00 bits per heavy atom. The summed E-state index contributed by atoms with van der Waals surface area (Å²) in [6, 6.07) is 0.431. The number of rotatable bonds is 0. The molecule has 0 saturated carbocycles. The molecule has 4 heteroatoms. The van der Waals surface area contributed by atoms with Crippen LogP contribution in [0.5, 0.6) is 0 Å². The first kappa shape index (κ1) is 15.4. The van der Waals surface area contributed by atoms with Crippen molar-refractivity contribution in [3.63, 3.8) is 0 Å². The maximum absolute atomic E-state index is 5.92. The fraction of sp³-hybridized carbons (Fsp3) is 0.818. The van der Waals surface area contributed by atoms with Crippen LogP contribution in [0.1, 0.15) is 27.2 Å². The normalized spacial score (nSPS) is 30.1. The van der Waals surface area contributed by atoms with Gasteiger partial charge in [0.2, 0.25) is 0 Å². The Hall–Kier alpha value is 0.383. The molecule has 2 aliphatic rings. The molecule has 2 nitrogen and oxygen atoms in total. The molecule has 0 aromatic heterocycles. The minimum Gasteiger partial charge on any atom is -0.358 e. The Bertz CT molecular complexity index is 237. The third-order valence-electron chi connectivity index (χ3n) is 3.20. The molecule has 0 N–H and O–H groups in total. The fourth-order valence-electron chi connectivity index (χ4n) is 2.52. The van der Waals surface area contributed by atoms with E-state index in [1.54, 1.807) is 0 Å². The van der Waals surface area contributed by atoms with Crippen molar-refractivity contribution >= 4 is 13.1 Å². The van der Waals surface area contributed by atoms with Crippen LogP contribution < -0.4 is 0 Å². The second-order valence-electron chi connectivity index (χ2n) is 5.12. The number of fused-ring (bicyclic) bond motifs is 1. The average Bonchev–Trinajstić information content (AvgIpc) is 2.51. The molecule has 0 amide bonds. The molecule has 1 radical (unpaired) electrons. The second-order valence-corrected chi connectivity index (χ2v) is 5.12. The van der Waals surface area contributed by atoms with Gasteiger partial charge in [-0.15, -0.1) is 0 Å². The topological polar surface area (TPSA) is 17.3 Å². The quantitative estimate of drug-likeness (QED) is 0.465. The average molecular weight is 375 g/mol. The molecule has 0 aromatic carbocycles. The fourth-order valence-corrected chi connectivity index (χ4v) is 2.52. The van der Waals surface area contributed by atoms with Crippen molar-refractivity contribution in [3.05, 3.63) is 12.7 Å². The largest absolute Gasteiger partial charge is 2.00 e. The zero-order valence-electron chi connectivity index (χ0n) is 10.2. The van der Waals surface area contributed by atoms with E-state index in [9.17, 15) is 0 Å². The maximum Gasteiger partial charge on any atom is 2.00 e. The Morgan fingerprint density at radius 3 is 2.53 bits per heavy atom. The molecule has 83 valence electrons. The van der Waals surface area contributed by atoms with Gasteiger partial charge < -0.3 is 7.43 Å². The molecule has 2 rings (SSSR count). The summed E-state index contributed by atoms with van der Waals surface area (Å²) in [5, 5.41) is 4.34. The van der Waals surface area contributed by atoms with E-state index in [1.807, 2.05) is 0 Å². The number of hydrogen-bond acceptors (Lipinski definition) is 1. The monoisotopic (exact) mass is 375 g/mol. The van der Waals surface area contributed by atoms with Crippen LogP contribution in [0.25, 0.3) is 5.32 Å². The van der Waals surface area contributed by atoms with Crippen molar-refractivity contribution in [2.24, 2.45) is 5.92 Å². The molecule has 0 bridgehead atoms. The van der Waals surface area contributed by atoms with E-state index in [1.165, 1.54) is 13.0 Å². The van der Waals surface area contributed by atoms with Gasteiger partial charge in [-0.1, -0.05) is 0 Å². The zero-order chi connectivity index (χ0) is 9.64. The van der Waals surface area contributed by atoms with E-state index in [0.29, 0.717) is 12.0 Å². The van der Waals surface area contributed by atoms with Crippen molar-refractivity contribution in [2.45, 2.75) is 38.8 Å². The molecule has 0 aromatic rings. The van der Waals surface area contributed by atoms with Crippen LogP contribution in [0.2, 0.25) is 0 Å². The van der Waals surface area contributed by atoms with Crippen molar-refractivity contribution in [3.8, 4) is 0 Å². The molecular weight excluding hydrogens is 355 g/mol. The van der Waals surface area contributed by atoms with Crippen molar-refractivity contribution in [1.29, 1.82) is 0 Å². The van der Waals surface area contributed by atoms with Crippen LogP contribution >= 0.6 is 0 Å². The Morgan fingerprint density at radius 1 is 1.40 bits per heavy atom. The summed E-state index contributed by atoms with van der Waals surface area (Å²) in [5.74, 6) is 0.694. The van der Waals surface area contributed by atoms with Crippen molar-refractivity contribution in [1.82, 2.24) is 4.90 Å². The Balaban J connectivity index is 0.000000980. The molecule has 2 unspecified atom stereocenters. The molecule has 2 heterocycles. The standard InChI is InChI=1S/C10H17BN2.CH3.W/c1-10(2,3)13-5-4-7-6-12-9(11)8(7)13;;/h7-8H,4-6H2,1-3H3;1H3;/q2*-1;+2. The van der Waals surface area contributed by atoms with Crippen LogP contribution in [-0.2, 0) is 21.1 Å². The SMILES string of the molecule is [B]=C1[N-]CC2CCN(C(C)(C)C)C12.[CH3-].[W+2]. The van der Waals surface area contributed by atoms with E-state index in [-0.39, 0.29) is 34.0 Å². The summed E-state index contributed by atoms with van der Waals surface area (Å²) < 4.78 is 0. The van der Waals surface area contributed by atoms with Crippen LogP contribution in [0, 0.1) is 13.3 Å². The molecule has 15 heavy (non-hydrogen) atoms. The molecule has 0 spiro atoms. The smallest absolute Gasteiger partial charge is 0.358 e. The first-order chi connectivity index (χ1) is 6.00. The van der Waals surface area contributed by atoms with Gasteiger partial charge in [-0.3, -0.25) is 0 Å². The first-order valence-corrected chi connectivity index (χ1v) is 5.07. The molecule has 2 aliphatic heterocycles. The number of likely N-dealkylation sites (tertiary alicyclic amines) is 1. The van der Waals surface area contributed by atoms with Gasteiger partial charge in [0.15, 0.2) is 0 Å². The molecule has 2 atom stereocenters. The van der Waals surface area contributed by atoms with Crippen LogP contribution in [0.4, 0.5) is 0 Å². The Labute approximate surface area is 110 Å². The summed E-state index contributed by atoms with van der Waals surface area (Å²) in [4.78, 5) is 2.49. The van der Waals surface area contributed by atoms with E-state index >= 15 is 0 Å². The summed E-state index contributed by atoms with van der Waals surface area (Å²) in [6.07, 6.45) is 1.26. The molecule has 2 fully saturated rings. The van der Waals surface area contributed by atoms with E-state index in [4.69, 9.17) is 7.49 Å². The van der Waals surface area contributed by atoms with Gasteiger partial charge in [-0.05, 0) is 0 Å². The minimum absolute atomic E-state index is 0. The predicted octanol–water partition coefficient (Wildman–Crippen LogP) is 1.61. The predicted molar refractivity (Wildman–Crippen MR) is 63.8 cm³/mol. The van der Waals surface area contributed by atoms with Gasteiger partial charge in [-0.25, -0.2) is 0 Å². The molecule has 0 aliphatic carbocycles. The van der Waals surface area contributed by atoms with Gasteiger partial charge in [0, 0.05) is 0 Å². The van der Waals surface area contributed by atoms with Gasteiger partial charge >= 0.3 is 102 Å². The summed E-state index contributed by atoms with van der Waals surface area (Å²) in [5.41, 5.74) is 1.08. The minimum atomic E-state index is 0. The third-order valence-corrected chi connectivity index (χ3v) is 3.20. The summed E-state index contributed by atoms with van der Waals surface area (Å²) in [7, 11) is 5.92. The van der Waals surface area contributed by atoms with E-state index in [2.05, 4.69) is 31.0 Å². The summed E-state index contributed by atoms with van der Waals surface area (Å²) in [6.45, 7) is 8.88. The van der Waals surface area contributed by atoms with Crippen molar-refractivity contribution in [2.75, 3.05) is 13.1 Å². The van der Waals surface area contributed by atoms with Crippen molar-refractivity contribution < 1.29 is 21.1 Å². The zero-order valence-corrected chi connectivity index (χ0v) is 13.1.